The van der Waals surface area contributed by atoms with E-state index in [0.717, 1.165) is 47.0 Å². The smallest absolute Gasteiger partial charge is 0.235 e. The predicted molar refractivity (Wildman–Crippen MR) is 120 cm³/mol. The fraction of sp³-hybridized carbons (Fsp3) is 0.208. The largest absolute Gasteiger partial charge is 0.325 e. The van der Waals surface area contributed by atoms with Crippen molar-refractivity contribution in [2.45, 2.75) is 24.8 Å². The molecule has 3 aromatic carbocycles. The van der Waals surface area contributed by atoms with Crippen molar-refractivity contribution in [3.05, 3.63) is 90.0 Å². The topological polar surface area (TPSA) is 75.3 Å². The number of rotatable bonds is 7. The molecule has 30 heavy (non-hydrogen) atoms. The molecule has 1 amide bonds. The minimum atomic E-state index is -3.22. The number of benzene rings is 3. The first-order chi connectivity index (χ1) is 14.4. The fourth-order valence-corrected chi connectivity index (χ4v) is 4.01. The summed E-state index contributed by atoms with van der Waals surface area (Å²) in [6.45, 7) is 0.261. The lowest BCUT2D eigenvalue weighted by atomic mass is 9.95. The maximum Gasteiger partial charge on any atom is 0.235 e. The van der Waals surface area contributed by atoms with Crippen LogP contribution in [0, 0.1) is 0 Å². The highest BCUT2D eigenvalue weighted by atomic mass is 32.2. The van der Waals surface area contributed by atoms with E-state index in [1.54, 1.807) is 0 Å². The lowest BCUT2D eigenvalue weighted by Gasteiger charge is -2.16. The summed E-state index contributed by atoms with van der Waals surface area (Å²) in [5.41, 5.74) is 4.29. The Morgan fingerprint density at radius 1 is 0.900 bits per heavy atom. The Hall–Kier alpha value is -2.96. The van der Waals surface area contributed by atoms with Gasteiger partial charge in [0.2, 0.25) is 15.9 Å². The zero-order chi connectivity index (χ0) is 21.2. The number of amides is 1. The quantitative estimate of drug-likeness (QED) is 0.605. The van der Waals surface area contributed by atoms with Gasteiger partial charge in [-0.15, -0.1) is 0 Å². The van der Waals surface area contributed by atoms with Crippen molar-refractivity contribution in [1.29, 1.82) is 0 Å². The van der Waals surface area contributed by atoms with Crippen LogP contribution in [-0.2, 0) is 26.8 Å². The molecule has 6 heteroatoms. The summed E-state index contributed by atoms with van der Waals surface area (Å²) in [4.78, 5) is 13.0. The van der Waals surface area contributed by atoms with E-state index < -0.39 is 15.4 Å². The van der Waals surface area contributed by atoms with Crippen molar-refractivity contribution in [3.63, 3.8) is 0 Å². The molecule has 0 aliphatic heterocycles. The van der Waals surface area contributed by atoms with Crippen LogP contribution in [0.1, 0.15) is 24.0 Å². The Labute approximate surface area is 177 Å². The Morgan fingerprint density at radius 2 is 1.60 bits per heavy atom. The summed E-state index contributed by atoms with van der Waals surface area (Å²) in [6, 6.07) is 25.4. The molecular formula is C24H24N2O3S. The summed E-state index contributed by atoms with van der Waals surface area (Å²) in [7, 11) is -3.22. The van der Waals surface area contributed by atoms with Crippen LogP contribution in [0.5, 0.6) is 0 Å². The molecule has 0 atom stereocenters. The predicted octanol–water partition coefficient (Wildman–Crippen LogP) is 4.07. The van der Waals surface area contributed by atoms with E-state index in [4.69, 9.17) is 0 Å². The number of hydrogen-bond acceptors (Lipinski definition) is 3. The molecule has 1 saturated carbocycles. The van der Waals surface area contributed by atoms with Gasteiger partial charge in [-0.2, -0.15) is 0 Å². The molecule has 0 heterocycles. The number of sulfonamides is 1. The van der Waals surface area contributed by atoms with Crippen LogP contribution in [0.15, 0.2) is 78.9 Å². The lowest BCUT2D eigenvalue weighted by Crippen LogP contribution is -2.27. The summed E-state index contributed by atoms with van der Waals surface area (Å²) < 4.78 is 25.0. The molecule has 154 valence electrons. The van der Waals surface area contributed by atoms with Gasteiger partial charge in [-0.05, 0) is 47.2 Å². The van der Waals surface area contributed by atoms with E-state index in [2.05, 4.69) is 10.0 Å². The lowest BCUT2D eigenvalue weighted by molar-refractivity contribution is -0.118. The minimum Gasteiger partial charge on any atom is -0.325 e. The molecule has 0 radical (unpaired) electrons. The van der Waals surface area contributed by atoms with Crippen molar-refractivity contribution in [1.82, 2.24) is 4.72 Å². The fourth-order valence-electron chi connectivity index (χ4n) is 3.59. The second kappa shape index (κ2) is 8.05. The summed E-state index contributed by atoms with van der Waals surface area (Å²) in [6.07, 6.45) is 2.88. The van der Waals surface area contributed by atoms with Crippen LogP contribution in [0.2, 0.25) is 0 Å². The Morgan fingerprint density at radius 3 is 2.23 bits per heavy atom. The molecule has 0 spiro atoms. The summed E-state index contributed by atoms with van der Waals surface area (Å²) in [5.74, 6) is 0.0352. The van der Waals surface area contributed by atoms with Crippen LogP contribution in [0.3, 0.4) is 0 Å². The standard InChI is InChI=1S/C24H24N2O3S/c1-30(28,29)25-17-18-10-12-19(13-11-18)20-6-5-9-22(16-20)26-23(27)24(14-15-24)21-7-3-2-4-8-21/h2-13,16,25H,14-15,17H2,1H3,(H,26,27). The van der Waals surface area contributed by atoms with Gasteiger partial charge >= 0.3 is 0 Å². The van der Waals surface area contributed by atoms with Crippen molar-refractivity contribution >= 4 is 21.6 Å². The first kappa shape index (κ1) is 20.3. The Balaban J connectivity index is 1.47. The van der Waals surface area contributed by atoms with Gasteiger partial charge in [0, 0.05) is 12.2 Å². The van der Waals surface area contributed by atoms with Gasteiger partial charge in [-0.25, -0.2) is 13.1 Å². The number of carbonyl (C=O) groups excluding carboxylic acids is 1. The molecule has 0 aromatic heterocycles. The second-order valence-corrected chi connectivity index (χ2v) is 9.61. The third-order valence-corrected chi connectivity index (χ3v) is 6.13. The molecule has 1 fully saturated rings. The second-order valence-electron chi connectivity index (χ2n) is 7.77. The third-order valence-electron chi connectivity index (χ3n) is 5.46. The zero-order valence-corrected chi connectivity index (χ0v) is 17.6. The van der Waals surface area contributed by atoms with Crippen LogP contribution in [0.25, 0.3) is 11.1 Å². The van der Waals surface area contributed by atoms with Crippen molar-refractivity contribution in [2.24, 2.45) is 0 Å². The van der Waals surface area contributed by atoms with Gasteiger partial charge in [0.1, 0.15) is 0 Å². The average Bonchev–Trinajstić information content (AvgIpc) is 3.55. The molecule has 1 aliphatic rings. The van der Waals surface area contributed by atoms with Gasteiger partial charge in [0.15, 0.2) is 0 Å². The van der Waals surface area contributed by atoms with E-state index >= 15 is 0 Å². The highest BCUT2D eigenvalue weighted by Crippen LogP contribution is 2.49. The van der Waals surface area contributed by atoms with Crippen LogP contribution in [0.4, 0.5) is 5.69 Å². The van der Waals surface area contributed by atoms with Crippen molar-refractivity contribution in [3.8, 4) is 11.1 Å². The van der Waals surface area contributed by atoms with Crippen molar-refractivity contribution in [2.75, 3.05) is 11.6 Å². The Kier molecular flexibility index (Phi) is 5.45. The molecule has 2 N–H and O–H groups in total. The maximum absolute atomic E-state index is 13.0. The van der Waals surface area contributed by atoms with E-state index in [9.17, 15) is 13.2 Å². The molecule has 4 rings (SSSR count). The van der Waals surface area contributed by atoms with E-state index in [0.29, 0.717) is 0 Å². The average molecular weight is 421 g/mol. The van der Waals surface area contributed by atoms with E-state index in [1.165, 1.54) is 0 Å². The Bertz CT molecular complexity index is 1150. The molecule has 3 aromatic rings. The first-order valence-corrected chi connectivity index (χ1v) is 11.8. The minimum absolute atomic E-state index is 0.0352. The molecule has 0 unspecified atom stereocenters. The number of nitrogens with one attached hydrogen (secondary N) is 2. The summed E-state index contributed by atoms with van der Waals surface area (Å²) in [5, 5.41) is 3.09. The zero-order valence-electron chi connectivity index (χ0n) is 16.8. The van der Waals surface area contributed by atoms with Gasteiger partial charge < -0.3 is 5.32 Å². The third kappa shape index (κ3) is 4.61. The number of anilines is 1. The maximum atomic E-state index is 13.0. The summed E-state index contributed by atoms with van der Waals surface area (Å²) >= 11 is 0. The van der Waals surface area contributed by atoms with E-state index in [1.807, 2.05) is 78.9 Å². The SMILES string of the molecule is CS(=O)(=O)NCc1ccc(-c2cccc(NC(=O)C3(c4ccccc4)CC3)c2)cc1. The highest BCUT2D eigenvalue weighted by Gasteiger charge is 2.51. The highest BCUT2D eigenvalue weighted by molar-refractivity contribution is 7.88. The van der Waals surface area contributed by atoms with Gasteiger partial charge in [0.05, 0.1) is 11.7 Å². The monoisotopic (exact) mass is 420 g/mol. The number of hydrogen-bond donors (Lipinski definition) is 2. The number of carbonyl (C=O) groups is 1. The molecular weight excluding hydrogens is 396 g/mol. The van der Waals surface area contributed by atoms with Gasteiger partial charge in [0.25, 0.3) is 0 Å². The van der Waals surface area contributed by atoms with Gasteiger partial charge in [-0.1, -0.05) is 66.7 Å². The molecule has 1 aliphatic carbocycles. The molecule has 0 bridgehead atoms. The van der Waals surface area contributed by atoms with Crippen LogP contribution in [-0.4, -0.2) is 20.6 Å². The van der Waals surface area contributed by atoms with Crippen LogP contribution >= 0.6 is 0 Å². The first-order valence-electron chi connectivity index (χ1n) is 9.87. The van der Waals surface area contributed by atoms with Gasteiger partial charge in [-0.3, -0.25) is 4.79 Å². The van der Waals surface area contributed by atoms with Crippen molar-refractivity contribution < 1.29 is 13.2 Å². The van der Waals surface area contributed by atoms with Crippen LogP contribution < -0.4 is 10.0 Å². The normalized spacial score (nSPS) is 14.8. The molecule has 5 nitrogen and oxygen atoms in total. The van der Waals surface area contributed by atoms with E-state index in [-0.39, 0.29) is 12.5 Å². The molecule has 0 saturated heterocycles.